The monoisotopic (exact) mass is 375 g/mol. The molecule has 2 aromatic carbocycles. The predicted octanol–water partition coefficient (Wildman–Crippen LogP) is 4.11. The number of carbonyl (C=O) groups is 1. The Bertz CT molecular complexity index is 911. The van der Waals surface area contributed by atoms with Crippen LogP contribution < -0.4 is 4.74 Å². The summed E-state index contributed by atoms with van der Waals surface area (Å²) in [5, 5.41) is 4.40. The molecule has 0 aliphatic carbocycles. The number of piperidine rings is 1. The Morgan fingerprint density at radius 2 is 1.75 bits per heavy atom. The SMILES string of the molecule is Cc1ccn(-c2ccc(C(=O)N3CCC(COc4ccccc4)CC3)cc2)n1. The molecule has 2 heterocycles. The first-order chi connectivity index (χ1) is 13.7. The highest BCUT2D eigenvalue weighted by Crippen LogP contribution is 2.21. The molecule has 0 unspecified atom stereocenters. The van der Waals surface area contributed by atoms with E-state index in [2.05, 4.69) is 5.10 Å². The summed E-state index contributed by atoms with van der Waals surface area (Å²) in [6.07, 6.45) is 3.88. The Hall–Kier alpha value is -3.08. The number of aryl methyl sites for hydroxylation is 1. The second-order valence-electron chi connectivity index (χ2n) is 7.31. The first-order valence-electron chi connectivity index (χ1n) is 9.79. The van der Waals surface area contributed by atoms with Gasteiger partial charge in [-0.05, 0) is 68.1 Å². The van der Waals surface area contributed by atoms with Crippen LogP contribution in [0.4, 0.5) is 0 Å². The Labute approximate surface area is 165 Å². The molecule has 1 aromatic heterocycles. The van der Waals surface area contributed by atoms with Crippen molar-refractivity contribution >= 4 is 5.91 Å². The number of aromatic nitrogens is 2. The van der Waals surface area contributed by atoms with Crippen molar-refractivity contribution in [3.8, 4) is 11.4 Å². The van der Waals surface area contributed by atoms with E-state index in [1.807, 2.05) is 83.4 Å². The van der Waals surface area contributed by atoms with Crippen molar-refractivity contribution in [2.24, 2.45) is 5.92 Å². The number of hydrogen-bond acceptors (Lipinski definition) is 3. The second-order valence-corrected chi connectivity index (χ2v) is 7.31. The molecule has 5 heteroatoms. The molecule has 0 spiro atoms. The van der Waals surface area contributed by atoms with E-state index < -0.39 is 0 Å². The molecule has 3 aromatic rings. The highest BCUT2D eigenvalue weighted by Gasteiger charge is 2.24. The van der Waals surface area contributed by atoms with E-state index in [4.69, 9.17) is 4.74 Å². The molecule has 144 valence electrons. The van der Waals surface area contributed by atoms with Gasteiger partial charge in [0, 0.05) is 24.8 Å². The van der Waals surface area contributed by atoms with Crippen LogP contribution in [0.15, 0.2) is 66.9 Å². The van der Waals surface area contributed by atoms with Crippen LogP contribution in [0.5, 0.6) is 5.75 Å². The summed E-state index contributed by atoms with van der Waals surface area (Å²) in [7, 11) is 0. The number of para-hydroxylation sites is 1. The molecule has 28 heavy (non-hydrogen) atoms. The molecular formula is C23H25N3O2. The van der Waals surface area contributed by atoms with Gasteiger partial charge in [-0.3, -0.25) is 4.79 Å². The van der Waals surface area contributed by atoms with E-state index in [-0.39, 0.29) is 5.91 Å². The van der Waals surface area contributed by atoms with Crippen LogP contribution >= 0.6 is 0 Å². The number of rotatable bonds is 5. The molecule has 1 amide bonds. The highest BCUT2D eigenvalue weighted by molar-refractivity contribution is 5.94. The Balaban J connectivity index is 1.30. The fraction of sp³-hybridized carbons (Fsp3) is 0.304. The van der Waals surface area contributed by atoms with Crippen LogP contribution in [-0.2, 0) is 0 Å². The van der Waals surface area contributed by atoms with Gasteiger partial charge in [0.1, 0.15) is 5.75 Å². The maximum absolute atomic E-state index is 12.8. The smallest absolute Gasteiger partial charge is 0.253 e. The zero-order valence-corrected chi connectivity index (χ0v) is 16.1. The number of amides is 1. The van der Waals surface area contributed by atoms with Crippen LogP contribution in [0, 0.1) is 12.8 Å². The summed E-state index contributed by atoms with van der Waals surface area (Å²) in [6, 6.07) is 19.5. The number of likely N-dealkylation sites (tertiary alicyclic amines) is 1. The van der Waals surface area contributed by atoms with Crippen molar-refractivity contribution < 1.29 is 9.53 Å². The van der Waals surface area contributed by atoms with Crippen molar-refractivity contribution in [2.45, 2.75) is 19.8 Å². The third-order valence-electron chi connectivity index (χ3n) is 5.23. The normalized spacial score (nSPS) is 14.8. The van der Waals surface area contributed by atoms with Crippen LogP contribution in [0.3, 0.4) is 0 Å². The van der Waals surface area contributed by atoms with Crippen molar-refractivity contribution in [1.82, 2.24) is 14.7 Å². The van der Waals surface area contributed by atoms with Crippen LogP contribution in [0.2, 0.25) is 0 Å². The van der Waals surface area contributed by atoms with Crippen molar-refractivity contribution in [3.05, 3.63) is 78.1 Å². The van der Waals surface area contributed by atoms with Gasteiger partial charge in [0.05, 0.1) is 18.0 Å². The standard InChI is InChI=1S/C23H25N3O2/c1-18-11-16-26(24-18)21-9-7-20(8-10-21)23(27)25-14-12-19(13-15-25)17-28-22-5-3-2-4-6-22/h2-11,16,19H,12-15,17H2,1H3. The maximum Gasteiger partial charge on any atom is 0.253 e. The number of hydrogen-bond donors (Lipinski definition) is 0. The number of benzene rings is 2. The molecule has 1 fully saturated rings. The molecule has 1 saturated heterocycles. The zero-order chi connectivity index (χ0) is 19.3. The fourth-order valence-corrected chi connectivity index (χ4v) is 3.53. The number of ether oxygens (including phenoxy) is 1. The molecule has 0 N–H and O–H groups in total. The Kier molecular flexibility index (Phi) is 5.42. The Morgan fingerprint density at radius 1 is 1.04 bits per heavy atom. The second kappa shape index (κ2) is 8.30. The third-order valence-corrected chi connectivity index (χ3v) is 5.23. The molecule has 1 aliphatic heterocycles. The summed E-state index contributed by atoms with van der Waals surface area (Å²) >= 11 is 0. The average Bonchev–Trinajstić information content (AvgIpc) is 3.19. The lowest BCUT2D eigenvalue weighted by atomic mass is 9.97. The molecule has 0 atom stereocenters. The molecule has 5 nitrogen and oxygen atoms in total. The van der Waals surface area contributed by atoms with Gasteiger partial charge in [0.2, 0.25) is 0 Å². The molecule has 1 aliphatic rings. The largest absolute Gasteiger partial charge is 0.493 e. The maximum atomic E-state index is 12.8. The summed E-state index contributed by atoms with van der Waals surface area (Å²) in [4.78, 5) is 14.8. The average molecular weight is 375 g/mol. The van der Waals surface area contributed by atoms with E-state index in [0.717, 1.165) is 48.6 Å². The first kappa shape index (κ1) is 18.3. The minimum atomic E-state index is 0.102. The fourth-order valence-electron chi connectivity index (χ4n) is 3.53. The molecule has 0 saturated carbocycles. The molecular weight excluding hydrogens is 350 g/mol. The quantitative estimate of drug-likeness (QED) is 0.674. The lowest BCUT2D eigenvalue weighted by Gasteiger charge is -2.32. The minimum absolute atomic E-state index is 0.102. The van der Waals surface area contributed by atoms with Gasteiger partial charge < -0.3 is 9.64 Å². The van der Waals surface area contributed by atoms with E-state index in [0.29, 0.717) is 12.5 Å². The van der Waals surface area contributed by atoms with Gasteiger partial charge in [-0.2, -0.15) is 5.10 Å². The van der Waals surface area contributed by atoms with E-state index in [1.165, 1.54) is 0 Å². The lowest BCUT2D eigenvalue weighted by Crippen LogP contribution is -2.39. The number of nitrogens with zero attached hydrogens (tertiary/aromatic N) is 3. The van der Waals surface area contributed by atoms with Gasteiger partial charge >= 0.3 is 0 Å². The minimum Gasteiger partial charge on any atom is -0.493 e. The predicted molar refractivity (Wildman–Crippen MR) is 109 cm³/mol. The van der Waals surface area contributed by atoms with Crippen molar-refractivity contribution in [1.29, 1.82) is 0 Å². The number of carbonyl (C=O) groups excluding carboxylic acids is 1. The summed E-state index contributed by atoms with van der Waals surface area (Å²) in [6.45, 7) is 4.23. The van der Waals surface area contributed by atoms with Gasteiger partial charge in [0.25, 0.3) is 5.91 Å². The Morgan fingerprint density at radius 3 is 2.39 bits per heavy atom. The van der Waals surface area contributed by atoms with E-state index in [1.54, 1.807) is 0 Å². The van der Waals surface area contributed by atoms with Gasteiger partial charge in [-0.1, -0.05) is 18.2 Å². The highest BCUT2D eigenvalue weighted by atomic mass is 16.5. The molecule has 0 radical (unpaired) electrons. The van der Waals surface area contributed by atoms with Crippen LogP contribution in [0.1, 0.15) is 28.9 Å². The van der Waals surface area contributed by atoms with Crippen LogP contribution in [-0.4, -0.2) is 40.3 Å². The molecule has 0 bridgehead atoms. The molecule has 4 rings (SSSR count). The summed E-state index contributed by atoms with van der Waals surface area (Å²) in [5.74, 6) is 1.51. The third kappa shape index (κ3) is 4.25. The van der Waals surface area contributed by atoms with Crippen LogP contribution in [0.25, 0.3) is 5.69 Å². The zero-order valence-electron chi connectivity index (χ0n) is 16.1. The van der Waals surface area contributed by atoms with E-state index in [9.17, 15) is 4.79 Å². The van der Waals surface area contributed by atoms with Gasteiger partial charge in [-0.25, -0.2) is 4.68 Å². The van der Waals surface area contributed by atoms with Crippen molar-refractivity contribution in [3.63, 3.8) is 0 Å². The van der Waals surface area contributed by atoms with Gasteiger partial charge in [-0.15, -0.1) is 0 Å². The summed E-state index contributed by atoms with van der Waals surface area (Å²) in [5.41, 5.74) is 2.66. The lowest BCUT2D eigenvalue weighted by molar-refractivity contribution is 0.0661. The van der Waals surface area contributed by atoms with Crippen molar-refractivity contribution in [2.75, 3.05) is 19.7 Å². The van der Waals surface area contributed by atoms with Gasteiger partial charge in [0.15, 0.2) is 0 Å². The topological polar surface area (TPSA) is 47.4 Å². The van der Waals surface area contributed by atoms with E-state index >= 15 is 0 Å². The summed E-state index contributed by atoms with van der Waals surface area (Å²) < 4.78 is 7.69. The first-order valence-corrected chi connectivity index (χ1v) is 9.79.